The first-order chi connectivity index (χ1) is 18.0. The van der Waals surface area contributed by atoms with Crippen LogP contribution < -0.4 is 25.6 Å². The zero-order chi connectivity index (χ0) is 26.5. The Labute approximate surface area is 231 Å². The van der Waals surface area contributed by atoms with E-state index in [1.54, 1.807) is 42.5 Å². The molecule has 2 amide bonds. The normalized spacial score (nSPS) is 10.3. The largest absolute Gasteiger partial charge is 0.492 e. The van der Waals surface area contributed by atoms with Gasteiger partial charge in [0.1, 0.15) is 18.1 Å². The summed E-state index contributed by atoms with van der Waals surface area (Å²) in [6.07, 6.45) is 4.47. The lowest BCUT2D eigenvalue weighted by molar-refractivity contribution is 0.0930. The fraction of sp³-hybridized carbons (Fsp3) is 0.250. The third kappa shape index (κ3) is 9.18. The lowest BCUT2D eigenvalue weighted by atomic mass is 10.2. The number of hydrazine groups is 1. The molecule has 9 heteroatoms. The van der Waals surface area contributed by atoms with Crippen molar-refractivity contribution in [3.8, 4) is 11.5 Å². The summed E-state index contributed by atoms with van der Waals surface area (Å²) in [6, 6.07) is 21.6. The molecule has 0 aliphatic rings. The molecule has 0 aliphatic heterocycles. The first-order valence-corrected chi connectivity index (χ1v) is 13.3. The van der Waals surface area contributed by atoms with Gasteiger partial charge < -0.3 is 9.47 Å². The lowest BCUT2D eigenvalue weighted by Crippen LogP contribution is -2.48. The number of hydrogen-bond acceptors (Lipinski definition) is 5. The number of thiocarbonyl (C=S) groups is 1. The maximum Gasteiger partial charge on any atom is 0.273 e. The van der Waals surface area contributed by atoms with E-state index in [1.165, 1.54) is 12.8 Å². The highest BCUT2D eigenvalue weighted by molar-refractivity contribution is 9.10. The summed E-state index contributed by atoms with van der Waals surface area (Å²) < 4.78 is 12.3. The van der Waals surface area contributed by atoms with E-state index < -0.39 is 11.8 Å². The number of carbonyl (C=O) groups is 2. The number of carbonyl (C=O) groups excluding carboxylic acids is 2. The Bertz CT molecular complexity index is 1210. The first kappa shape index (κ1) is 28.1. The van der Waals surface area contributed by atoms with E-state index in [0.29, 0.717) is 40.3 Å². The van der Waals surface area contributed by atoms with Crippen LogP contribution in [0.4, 0.5) is 0 Å². The molecule has 0 atom stereocenters. The summed E-state index contributed by atoms with van der Waals surface area (Å²) in [5.41, 5.74) is 6.76. The molecule has 0 saturated carbocycles. The van der Waals surface area contributed by atoms with Crippen LogP contribution in [0.2, 0.25) is 0 Å². The van der Waals surface area contributed by atoms with E-state index in [1.807, 2.05) is 30.3 Å². The molecule has 0 bridgehead atoms. The molecule has 0 aromatic heterocycles. The van der Waals surface area contributed by atoms with Gasteiger partial charge in [0.2, 0.25) is 0 Å². The summed E-state index contributed by atoms with van der Waals surface area (Å²) >= 11 is 8.62. The highest BCUT2D eigenvalue weighted by atomic mass is 79.9. The van der Waals surface area contributed by atoms with Gasteiger partial charge in [-0.25, -0.2) is 0 Å². The number of para-hydroxylation sites is 1. The van der Waals surface area contributed by atoms with Crippen molar-refractivity contribution in [2.24, 2.45) is 0 Å². The van der Waals surface area contributed by atoms with Crippen molar-refractivity contribution < 1.29 is 19.1 Å². The van der Waals surface area contributed by atoms with Gasteiger partial charge in [-0.15, -0.1) is 0 Å². The zero-order valence-corrected chi connectivity index (χ0v) is 23.0. The number of halogens is 1. The summed E-state index contributed by atoms with van der Waals surface area (Å²) in [6.45, 7) is 3.11. The van der Waals surface area contributed by atoms with E-state index in [0.717, 1.165) is 18.4 Å². The Morgan fingerprint density at radius 2 is 1.59 bits per heavy atom. The van der Waals surface area contributed by atoms with Crippen molar-refractivity contribution in [3.63, 3.8) is 0 Å². The number of nitrogens with one attached hydrogen (secondary N) is 3. The van der Waals surface area contributed by atoms with Crippen molar-refractivity contribution in [1.29, 1.82) is 0 Å². The van der Waals surface area contributed by atoms with Gasteiger partial charge in [-0.3, -0.25) is 25.8 Å². The van der Waals surface area contributed by atoms with Gasteiger partial charge in [-0.05, 0) is 70.5 Å². The minimum Gasteiger partial charge on any atom is -0.492 e. The van der Waals surface area contributed by atoms with E-state index in [2.05, 4.69) is 39.0 Å². The van der Waals surface area contributed by atoms with Crippen LogP contribution in [0.15, 0.2) is 77.3 Å². The SMILES string of the molecule is CCCCCCOc1ccc(C(=O)NC(=S)NNC(=O)c2ccccc2OCc2ccccc2)cc1Br. The predicted molar refractivity (Wildman–Crippen MR) is 152 cm³/mol. The van der Waals surface area contributed by atoms with Crippen molar-refractivity contribution in [1.82, 2.24) is 16.2 Å². The Kier molecular flexibility index (Phi) is 11.4. The first-order valence-electron chi connectivity index (χ1n) is 12.1. The van der Waals surface area contributed by atoms with Crippen LogP contribution in [0.5, 0.6) is 11.5 Å². The molecule has 7 nitrogen and oxygen atoms in total. The average molecular weight is 585 g/mol. The van der Waals surface area contributed by atoms with E-state index >= 15 is 0 Å². The molecule has 0 unspecified atom stereocenters. The lowest BCUT2D eigenvalue weighted by Gasteiger charge is -2.14. The predicted octanol–water partition coefficient (Wildman–Crippen LogP) is 5.94. The summed E-state index contributed by atoms with van der Waals surface area (Å²) in [5, 5.41) is 2.50. The van der Waals surface area contributed by atoms with Crippen LogP contribution in [0.1, 0.15) is 58.9 Å². The molecule has 3 aromatic rings. The zero-order valence-electron chi connectivity index (χ0n) is 20.6. The van der Waals surface area contributed by atoms with Crippen LogP contribution in [-0.2, 0) is 6.61 Å². The molecule has 0 fully saturated rings. The van der Waals surface area contributed by atoms with Crippen LogP contribution >= 0.6 is 28.1 Å². The van der Waals surface area contributed by atoms with Gasteiger partial charge in [0.25, 0.3) is 11.8 Å². The Balaban J connectivity index is 1.48. The number of hydrogen-bond donors (Lipinski definition) is 3. The molecular weight excluding hydrogens is 554 g/mol. The second kappa shape index (κ2) is 15.0. The number of ether oxygens (including phenoxy) is 2. The van der Waals surface area contributed by atoms with Gasteiger partial charge in [0.15, 0.2) is 5.11 Å². The smallest absolute Gasteiger partial charge is 0.273 e. The van der Waals surface area contributed by atoms with Crippen LogP contribution in [0.25, 0.3) is 0 Å². The molecule has 0 aliphatic carbocycles. The molecule has 3 rings (SSSR count). The summed E-state index contributed by atoms with van der Waals surface area (Å²) in [7, 11) is 0. The monoisotopic (exact) mass is 583 g/mol. The van der Waals surface area contributed by atoms with Crippen molar-refractivity contribution >= 4 is 45.1 Å². The quantitative estimate of drug-likeness (QED) is 0.147. The maximum atomic E-state index is 12.7. The number of unbranched alkanes of at least 4 members (excludes halogenated alkanes) is 3. The molecule has 0 radical (unpaired) electrons. The summed E-state index contributed by atoms with van der Waals surface area (Å²) in [4.78, 5) is 25.3. The van der Waals surface area contributed by atoms with E-state index in [4.69, 9.17) is 21.7 Å². The van der Waals surface area contributed by atoms with Crippen molar-refractivity contribution in [3.05, 3.63) is 94.0 Å². The van der Waals surface area contributed by atoms with E-state index in [-0.39, 0.29) is 5.11 Å². The molecule has 3 N–H and O–H groups in total. The molecule has 194 valence electrons. The topological polar surface area (TPSA) is 88.7 Å². The fourth-order valence-electron chi connectivity index (χ4n) is 3.37. The molecular formula is C28H30BrN3O4S. The van der Waals surface area contributed by atoms with Crippen LogP contribution in [-0.4, -0.2) is 23.5 Å². The highest BCUT2D eigenvalue weighted by Crippen LogP contribution is 2.26. The average Bonchev–Trinajstić information content (AvgIpc) is 2.92. The number of benzene rings is 3. The number of rotatable bonds is 11. The van der Waals surface area contributed by atoms with E-state index in [9.17, 15) is 9.59 Å². The molecule has 37 heavy (non-hydrogen) atoms. The highest BCUT2D eigenvalue weighted by Gasteiger charge is 2.14. The van der Waals surface area contributed by atoms with Gasteiger partial charge in [0, 0.05) is 5.56 Å². The Morgan fingerprint density at radius 3 is 2.35 bits per heavy atom. The van der Waals surface area contributed by atoms with Gasteiger partial charge in [-0.1, -0.05) is 68.7 Å². The Hall–Kier alpha value is -3.43. The molecule has 0 saturated heterocycles. The maximum absolute atomic E-state index is 12.7. The summed E-state index contributed by atoms with van der Waals surface area (Å²) in [5.74, 6) is 0.226. The standard InChI is InChI=1S/C28H30BrN3O4S/c1-2-3-4-10-17-35-25-16-15-21(18-23(25)29)26(33)30-28(37)32-31-27(34)22-13-8-9-14-24(22)36-19-20-11-6-5-7-12-20/h5-9,11-16,18H,2-4,10,17,19H2,1H3,(H,31,34)(H2,30,32,33,37). The molecule has 0 heterocycles. The minimum atomic E-state index is -0.455. The van der Waals surface area contributed by atoms with Gasteiger partial charge in [0.05, 0.1) is 16.6 Å². The van der Waals surface area contributed by atoms with Crippen LogP contribution in [0, 0.1) is 0 Å². The van der Waals surface area contributed by atoms with Crippen molar-refractivity contribution in [2.45, 2.75) is 39.2 Å². The third-order valence-corrected chi connectivity index (χ3v) is 6.16. The second-order valence-electron chi connectivity index (χ2n) is 8.19. The third-order valence-electron chi connectivity index (χ3n) is 5.33. The number of amides is 2. The minimum absolute atomic E-state index is 0.0478. The molecule has 3 aromatic carbocycles. The van der Waals surface area contributed by atoms with Gasteiger partial charge >= 0.3 is 0 Å². The Morgan fingerprint density at radius 1 is 0.838 bits per heavy atom. The fourth-order valence-corrected chi connectivity index (χ4v) is 4.01. The van der Waals surface area contributed by atoms with Crippen LogP contribution in [0.3, 0.4) is 0 Å². The second-order valence-corrected chi connectivity index (χ2v) is 9.45. The molecule has 0 spiro atoms. The van der Waals surface area contributed by atoms with Gasteiger partial charge in [-0.2, -0.15) is 0 Å². The van der Waals surface area contributed by atoms with Crippen molar-refractivity contribution in [2.75, 3.05) is 6.61 Å².